The average molecular weight is 262 g/mol. The van der Waals surface area contributed by atoms with E-state index < -0.39 is 0 Å². The summed E-state index contributed by atoms with van der Waals surface area (Å²) in [4.78, 5) is 2.34. The molecule has 1 rings (SSSR count). The van der Waals surface area contributed by atoms with Gasteiger partial charge >= 0.3 is 0 Å². The average Bonchev–Trinajstić information content (AvgIpc) is 2.18. The normalized spacial score (nSPS) is 18.8. The number of aliphatic hydroxyl groups excluding tert-OH is 1. The van der Waals surface area contributed by atoms with Crippen LogP contribution in [-0.2, 0) is 0 Å². The quantitative estimate of drug-likeness (QED) is 0.823. The lowest BCUT2D eigenvalue weighted by Crippen LogP contribution is -2.39. The lowest BCUT2D eigenvalue weighted by Gasteiger charge is -2.33. The second kappa shape index (κ2) is 6.59. The molecule has 0 aromatic carbocycles. The van der Waals surface area contributed by atoms with Crippen LogP contribution in [0.2, 0.25) is 0 Å². The Bertz CT molecular complexity index is 178. The zero-order valence-corrected chi connectivity index (χ0v) is 10.3. The summed E-state index contributed by atoms with van der Waals surface area (Å²) in [6.07, 6.45) is 6.60. The van der Waals surface area contributed by atoms with Crippen LogP contribution in [-0.4, -0.2) is 35.7 Å². The molecular weight excluding hydrogens is 242 g/mol. The monoisotopic (exact) mass is 261 g/mol. The predicted octanol–water partition coefficient (Wildman–Crippen LogP) is 2.52. The van der Waals surface area contributed by atoms with Crippen molar-refractivity contribution in [2.75, 3.05) is 19.7 Å². The maximum absolute atomic E-state index is 8.99. The summed E-state index contributed by atoms with van der Waals surface area (Å²) >= 11 is 3.39. The summed E-state index contributed by atoms with van der Waals surface area (Å²) in [6.45, 7) is 5.75. The van der Waals surface area contributed by atoms with Crippen molar-refractivity contribution in [3.63, 3.8) is 0 Å². The van der Waals surface area contributed by atoms with Crippen LogP contribution in [0.3, 0.4) is 0 Å². The van der Waals surface area contributed by atoms with E-state index in [-0.39, 0.29) is 6.61 Å². The number of rotatable bonds is 5. The Hall–Kier alpha value is 0.140. The van der Waals surface area contributed by atoms with Crippen LogP contribution < -0.4 is 0 Å². The fourth-order valence-corrected chi connectivity index (χ4v) is 2.51. The van der Waals surface area contributed by atoms with Crippen LogP contribution >= 0.6 is 15.9 Å². The maximum atomic E-state index is 8.99. The van der Waals surface area contributed by atoms with Gasteiger partial charge < -0.3 is 5.11 Å². The third-order valence-electron chi connectivity index (χ3n) is 2.85. The second-order valence-electron chi connectivity index (χ2n) is 4.00. The molecule has 0 atom stereocenters. The molecule has 0 saturated heterocycles. The Balaban J connectivity index is 2.42. The molecular formula is C11H20BrNO. The molecule has 1 saturated carbocycles. The summed E-state index contributed by atoms with van der Waals surface area (Å²) in [6, 6.07) is 0.658. The first-order valence-electron chi connectivity index (χ1n) is 5.42. The van der Waals surface area contributed by atoms with Gasteiger partial charge in [0.1, 0.15) is 0 Å². The number of nitrogens with zero attached hydrogens (tertiary/aromatic N) is 1. The van der Waals surface area contributed by atoms with Crippen LogP contribution in [0.5, 0.6) is 0 Å². The summed E-state index contributed by atoms with van der Waals surface area (Å²) in [5.41, 5.74) is 0. The lowest BCUT2D eigenvalue weighted by molar-refractivity contribution is 0.136. The highest BCUT2D eigenvalue weighted by Gasteiger charge is 2.20. The highest BCUT2D eigenvalue weighted by Crippen LogP contribution is 2.23. The van der Waals surface area contributed by atoms with E-state index in [0.29, 0.717) is 6.04 Å². The molecule has 0 unspecified atom stereocenters. The fourth-order valence-electron chi connectivity index (χ4n) is 2.19. The van der Waals surface area contributed by atoms with Crippen molar-refractivity contribution in [1.29, 1.82) is 0 Å². The predicted molar refractivity (Wildman–Crippen MR) is 63.6 cm³/mol. The van der Waals surface area contributed by atoms with Gasteiger partial charge in [-0.15, -0.1) is 0 Å². The third kappa shape index (κ3) is 4.11. The number of hydrogen-bond acceptors (Lipinski definition) is 2. The summed E-state index contributed by atoms with van der Waals surface area (Å²) < 4.78 is 1.01. The van der Waals surface area contributed by atoms with E-state index in [0.717, 1.165) is 17.6 Å². The molecule has 2 nitrogen and oxygen atoms in total. The third-order valence-corrected chi connectivity index (χ3v) is 3.10. The van der Waals surface area contributed by atoms with Crippen molar-refractivity contribution in [2.24, 2.45) is 0 Å². The first-order valence-corrected chi connectivity index (χ1v) is 6.21. The van der Waals surface area contributed by atoms with Crippen LogP contribution in [0.4, 0.5) is 0 Å². The molecule has 1 aliphatic carbocycles. The van der Waals surface area contributed by atoms with Crippen molar-refractivity contribution in [1.82, 2.24) is 4.90 Å². The molecule has 0 aromatic rings. The summed E-state index contributed by atoms with van der Waals surface area (Å²) in [5, 5.41) is 8.99. The highest BCUT2D eigenvalue weighted by atomic mass is 79.9. The van der Waals surface area contributed by atoms with Crippen LogP contribution in [0.15, 0.2) is 11.1 Å². The zero-order chi connectivity index (χ0) is 10.4. The summed E-state index contributed by atoms with van der Waals surface area (Å²) in [7, 11) is 0. The molecule has 3 heteroatoms. The molecule has 0 aliphatic heterocycles. The van der Waals surface area contributed by atoms with Crippen molar-refractivity contribution in [3.05, 3.63) is 11.1 Å². The van der Waals surface area contributed by atoms with Gasteiger partial charge in [-0.3, -0.25) is 4.90 Å². The molecule has 1 N–H and O–H groups in total. The first kappa shape index (κ1) is 12.2. The molecule has 0 amide bonds. The van der Waals surface area contributed by atoms with Gasteiger partial charge in [-0.1, -0.05) is 41.8 Å². The Kier molecular flexibility index (Phi) is 5.75. The minimum Gasteiger partial charge on any atom is -0.395 e. The van der Waals surface area contributed by atoms with Gasteiger partial charge in [0.05, 0.1) is 6.61 Å². The van der Waals surface area contributed by atoms with E-state index in [1.54, 1.807) is 0 Å². The topological polar surface area (TPSA) is 23.5 Å². The van der Waals surface area contributed by atoms with Gasteiger partial charge in [0.25, 0.3) is 0 Å². The van der Waals surface area contributed by atoms with Crippen LogP contribution in [0.25, 0.3) is 0 Å². The van der Waals surface area contributed by atoms with E-state index in [4.69, 9.17) is 5.11 Å². The van der Waals surface area contributed by atoms with Crippen LogP contribution in [0.1, 0.15) is 32.1 Å². The van der Waals surface area contributed by atoms with E-state index in [9.17, 15) is 0 Å². The standard InChI is InChI=1S/C11H20BrNO/c1-10(12)9-13(7-8-14)11-5-3-2-4-6-11/h11,14H,1-9H2. The van der Waals surface area contributed by atoms with E-state index in [2.05, 4.69) is 27.4 Å². The Morgan fingerprint density at radius 2 is 2.00 bits per heavy atom. The molecule has 1 aliphatic rings. The molecule has 0 spiro atoms. The number of halogens is 1. The number of hydrogen-bond donors (Lipinski definition) is 1. The van der Waals surface area contributed by atoms with Gasteiger partial charge in [0.15, 0.2) is 0 Å². The van der Waals surface area contributed by atoms with Gasteiger partial charge in [-0.25, -0.2) is 0 Å². The SMILES string of the molecule is C=C(Br)CN(CCO)C1CCCCC1. The molecule has 14 heavy (non-hydrogen) atoms. The molecule has 0 heterocycles. The van der Waals surface area contributed by atoms with E-state index >= 15 is 0 Å². The van der Waals surface area contributed by atoms with Crippen molar-refractivity contribution < 1.29 is 5.11 Å². The fraction of sp³-hybridized carbons (Fsp3) is 0.818. The van der Waals surface area contributed by atoms with Gasteiger partial charge in [-0.2, -0.15) is 0 Å². The van der Waals surface area contributed by atoms with E-state index in [1.165, 1.54) is 32.1 Å². The smallest absolute Gasteiger partial charge is 0.0558 e. The van der Waals surface area contributed by atoms with E-state index in [1.807, 2.05) is 0 Å². The zero-order valence-electron chi connectivity index (χ0n) is 8.71. The van der Waals surface area contributed by atoms with Crippen LogP contribution in [0, 0.1) is 0 Å². The molecule has 1 fully saturated rings. The minimum atomic E-state index is 0.247. The molecule has 0 aromatic heterocycles. The lowest BCUT2D eigenvalue weighted by atomic mass is 9.94. The largest absolute Gasteiger partial charge is 0.395 e. The van der Waals surface area contributed by atoms with Gasteiger partial charge in [0, 0.05) is 23.6 Å². The maximum Gasteiger partial charge on any atom is 0.0558 e. The first-order chi connectivity index (χ1) is 6.74. The Labute approximate surface area is 95.1 Å². The Morgan fingerprint density at radius 1 is 1.36 bits per heavy atom. The summed E-state index contributed by atoms with van der Waals surface area (Å²) in [5.74, 6) is 0. The molecule has 0 radical (unpaired) electrons. The minimum absolute atomic E-state index is 0.247. The van der Waals surface area contributed by atoms with Crippen molar-refractivity contribution in [2.45, 2.75) is 38.1 Å². The van der Waals surface area contributed by atoms with Gasteiger partial charge in [0.2, 0.25) is 0 Å². The second-order valence-corrected chi connectivity index (χ2v) is 5.12. The highest BCUT2D eigenvalue weighted by molar-refractivity contribution is 9.11. The van der Waals surface area contributed by atoms with Crippen molar-refractivity contribution in [3.8, 4) is 0 Å². The van der Waals surface area contributed by atoms with Crippen molar-refractivity contribution >= 4 is 15.9 Å². The Morgan fingerprint density at radius 3 is 2.50 bits per heavy atom. The van der Waals surface area contributed by atoms with Gasteiger partial charge in [-0.05, 0) is 12.8 Å². The molecule has 0 bridgehead atoms. The number of aliphatic hydroxyl groups is 1. The molecule has 82 valence electrons.